The van der Waals surface area contributed by atoms with E-state index in [0.29, 0.717) is 24.7 Å². The van der Waals surface area contributed by atoms with Gasteiger partial charge in [0.15, 0.2) is 0 Å². The normalized spacial score (nSPS) is 13.3. The van der Waals surface area contributed by atoms with Crippen LogP contribution in [0.2, 0.25) is 0 Å². The molecule has 3 rings (SSSR count). The fourth-order valence-corrected chi connectivity index (χ4v) is 3.36. The molecule has 0 saturated heterocycles. The molecule has 27 heavy (non-hydrogen) atoms. The molecule has 1 aliphatic rings. The predicted molar refractivity (Wildman–Crippen MR) is 103 cm³/mol. The fraction of sp³-hybridized carbons (Fsp3) is 0.278. The van der Waals surface area contributed by atoms with Gasteiger partial charge in [-0.25, -0.2) is 0 Å². The summed E-state index contributed by atoms with van der Waals surface area (Å²) in [5.41, 5.74) is 5.07. The summed E-state index contributed by atoms with van der Waals surface area (Å²) < 4.78 is 7.48. The van der Waals surface area contributed by atoms with Gasteiger partial charge in [-0.15, -0.1) is 11.8 Å². The Kier molecular flexibility index (Phi) is 6.02. The number of hydrazine groups is 1. The maximum atomic E-state index is 12.2. The third kappa shape index (κ3) is 5.04. The van der Waals surface area contributed by atoms with Crippen LogP contribution in [0.25, 0.3) is 11.1 Å². The first kappa shape index (κ1) is 18.8. The standard InChI is InChI=1S/C18H21N5O3S/c1-13(24)21-23-12-27-11-17(23)18(25)19-6-7-26-16-5-3-4-14(8-16)15-9-20-22(2)10-15/h3-5,8-11H,6-7,12H2,1-2H3,(H,19,25)(H,21,24). The highest BCUT2D eigenvalue weighted by molar-refractivity contribution is 8.02. The average molecular weight is 387 g/mol. The second kappa shape index (κ2) is 8.63. The molecule has 2 N–H and O–H groups in total. The van der Waals surface area contributed by atoms with Crippen LogP contribution in [0.3, 0.4) is 0 Å². The number of carbonyl (C=O) groups is 2. The molecular formula is C18H21N5O3S. The lowest BCUT2D eigenvalue weighted by atomic mass is 10.1. The number of rotatable bonds is 7. The molecule has 0 spiro atoms. The molecule has 2 amide bonds. The molecule has 0 atom stereocenters. The third-order valence-corrected chi connectivity index (χ3v) is 4.54. The zero-order valence-corrected chi connectivity index (χ0v) is 16.0. The number of nitrogens with one attached hydrogen (secondary N) is 2. The minimum absolute atomic E-state index is 0.215. The maximum absolute atomic E-state index is 12.2. The van der Waals surface area contributed by atoms with Gasteiger partial charge in [0.2, 0.25) is 5.91 Å². The maximum Gasteiger partial charge on any atom is 0.270 e. The van der Waals surface area contributed by atoms with Crippen molar-refractivity contribution in [2.24, 2.45) is 7.05 Å². The molecule has 0 aliphatic carbocycles. The first-order valence-electron chi connectivity index (χ1n) is 8.39. The van der Waals surface area contributed by atoms with Crippen LogP contribution in [0, 0.1) is 0 Å². The van der Waals surface area contributed by atoms with Crippen molar-refractivity contribution in [1.29, 1.82) is 0 Å². The summed E-state index contributed by atoms with van der Waals surface area (Å²) in [4.78, 5) is 23.4. The average Bonchev–Trinajstić information content (AvgIpc) is 3.27. The van der Waals surface area contributed by atoms with Gasteiger partial charge >= 0.3 is 0 Å². The van der Waals surface area contributed by atoms with Crippen molar-refractivity contribution in [1.82, 2.24) is 25.5 Å². The Morgan fingerprint density at radius 1 is 1.33 bits per heavy atom. The van der Waals surface area contributed by atoms with Gasteiger partial charge in [-0.05, 0) is 17.7 Å². The molecule has 0 unspecified atom stereocenters. The molecule has 9 heteroatoms. The number of thioether (sulfide) groups is 1. The zero-order chi connectivity index (χ0) is 19.2. The van der Waals surface area contributed by atoms with Crippen molar-refractivity contribution in [2.75, 3.05) is 19.0 Å². The van der Waals surface area contributed by atoms with Crippen LogP contribution in [-0.2, 0) is 16.6 Å². The lowest BCUT2D eigenvalue weighted by molar-refractivity contribution is -0.124. The van der Waals surface area contributed by atoms with E-state index in [-0.39, 0.29) is 11.8 Å². The van der Waals surface area contributed by atoms with Crippen molar-refractivity contribution in [3.63, 3.8) is 0 Å². The van der Waals surface area contributed by atoms with Crippen LogP contribution in [0.5, 0.6) is 5.75 Å². The summed E-state index contributed by atoms with van der Waals surface area (Å²) in [5.74, 6) is 0.774. The number of benzene rings is 1. The number of hydrogen-bond donors (Lipinski definition) is 2. The summed E-state index contributed by atoms with van der Waals surface area (Å²) in [6.07, 6.45) is 3.74. The Labute approximate surface area is 161 Å². The molecule has 0 fully saturated rings. The fourth-order valence-electron chi connectivity index (χ4n) is 2.54. The molecule has 142 valence electrons. The Morgan fingerprint density at radius 3 is 2.93 bits per heavy atom. The van der Waals surface area contributed by atoms with E-state index in [1.165, 1.54) is 23.7 Å². The van der Waals surface area contributed by atoms with Gasteiger partial charge in [0.1, 0.15) is 18.1 Å². The van der Waals surface area contributed by atoms with E-state index in [4.69, 9.17) is 4.74 Å². The van der Waals surface area contributed by atoms with Gasteiger partial charge in [0.05, 0.1) is 18.6 Å². The molecule has 1 aliphatic heterocycles. The molecule has 8 nitrogen and oxygen atoms in total. The minimum atomic E-state index is -0.249. The van der Waals surface area contributed by atoms with Crippen LogP contribution >= 0.6 is 11.8 Å². The van der Waals surface area contributed by atoms with Gasteiger partial charge in [0, 0.05) is 31.1 Å². The van der Waals surface area contributed by atoms with Crippen LogP contribution < -0.4 is 15.5 Å². The zero-order valence-electron chi connectivity index (χ0n) is 15.1. The number of aryl methyl sites for hydroxylation is 1. The number of aromatic nitrogens is 2. The molecule has 2 heterocycles. The molecule has 0 saturated carbocycles. The summed E-state index contributed by atoms with van der Waals surface area (Å²) in [5, 5.41) is 10.2. The first-order chi connectivity index (χ1) is 13.0. The van der Waals surface area contributed by atoms with Crippen LogP contribution in [0.4, 0.5) is 0 Å². The van der Waals surface area contributed by atoms with Crippen molar-refractivity contribution in [3.8, 4) is 16.9 Å². The Balaban J connectivity index is 1.48. The summed E-state index contributed by atoms with van der Waals surface area (Å²) in [7, 11) is 1.87. The summed E-state index contributed by atoms with van der Waals surface area (Å²) in [6, 6.07) is 7.72. The molecule has 0 radical (unpaired) electrons. The largest absolute Gasteiger partial charge is 0.492 e. The van der Waals surface area contributed by atoms with Gasteiger partial charge in [-0.2, -0.15) is 5.10 Å². The third-order valence-electron chi connectivity index (χ3n) is 3.74. The van der Waals surface area contributed by atoms with Crippen molar-refractivity contribution in [2.45, 2.75) is 6.92 Å². The summed E-state index contributed by atoms with van der Waals surface area (Å²) in [6.45, 7) is 2.10. The van der Waals surface area contributed by atoms with E-state index in [1.807, 2.05) is 37.5 Å². The molecule has 1 aromatic carbocycles. The number of amides is 2. The SMILES string of the molecule is CC(=O)NN1CSC=C1C(=O)NCCOc1cccc(-c2cnn(C)c2)c1. The van der Waals surface area contributed by atoms with E-state index in [9.17, 15) is 9.59 Å². The quantitative estimate of drug-likeness (QED) is 0.700. The van der Waals surface area contributed by atoms with E-state index in [0.717, 1.165) is 16.9 Å². The second-order valence-electron chi connectivity index (χ2n) is 5.93. The highest BCUT2D eigenvalue weighted by Crippen LogP contribution is 2.23. The molecule has 1 aromatic heterocycles. The second-order valence-corrected chi connectivity index (χ2v) is 6.76. The topological polar surface area (TPSA) is 88.5 Å². The molecule has 2 aromatic rings. The van der Waals surface area contributed by atoms with Crippen molar-refractivity contribution in [3.05, 3.63) is 47.8 Å². The van der Waals surface area contributed by atoms with E-state index in [1.54, 1.807) is 16.3 Å². The predicted octanol–water partition coefficient (Wildman–Crippen LogP) is 1.48. The smallest absolute Gasteiger partial charge is 0.270 e. The van der Waals surface area contributed by atoms with E-state index < -0.39 is 0 Å². The minimum Gasteiger partial charge on any atom is -0.492 e. The lowest BCUT2D eigenvalue weighted by Gasteiger charge is -2.20. The number of carbonyl (C=O) groups excluding carboxylic acids is 2. The van der Waals surface area contributed by atoms with Gasteiger partial charge in [-0.1, -0.05) is 12.1 Å². The van der Waals surface area contributed by atoms with Crippen LogP contribution in [0.1, 0.15) is 6.92 Å². The Hall–Kier alpha value is -2.94. The Morgan fingerprint density at radius 2 is 2.19 bits per heavy atom. The lowest BCUT2D eigenvalue weighted by Crippen LogP contribution is -2.43. The van der Waals surface area contributed by atoms with E-state index >= 15 is 0 Å². The number of nitrogens with zero attached hydrogens (tertiary/aromatic N) is 3. The van der Waals surface area contributed by atoms with Crippen molar-refractivity contribution < 1.29 is 14.3 Å². The summed E-state index contributed by atoms with van der Waals surface area (Å²) >= 11 is 1.45. The van der Waals surface area contributed by atoms with Crippen LogP contribution in [-0.4, -0.2) is 45.6 Å². The van der Waals surface area contributed by atoms with Gasteiger partial charge in [-0.3, -0.25) is 24.7 Å². The molecule has 0 bridgehead atoms. The monoisotopic (exact) mass is 387 g/mol. The van der Waals surface area contributed by atoms with Gasteiger partial charge < -0.3 is 10.1 Å². The highest BCUT2D eigenvalue weighted by atomic mass is 32.2. The number of ether oxygens (including phenoxy) is 1. The Bertz CT molecular complexity index is 864. The van der Waals surface area contributed by atoms with E-state index in [2.05, 4.69) is 15.8 Å². The first-order valence-corrected chi connectivity index (χ1v) is 9.44. The highest BCUT2D eigenvalue weighted by Gasteiger charge is 2.22. The van der Waals surface area contributed by atoms with Gasteiger partial charge in [0.25, 0.3) is 5.91 Å². The molecular weight excluding hydrogens is 366 g/mol. The van der Waals surface area contributed by atoms with Crippen molar-refractivity contribution >= 4 is 23.6 Å². The number of hydrogen-bond acceptors (Lipinski definition) is 6. The van der Waals surface area contributed by atoms with Crippen LogP contribution in [0.15, 0.2) is 47.8 Å².